The summed E-state index contributed by atoms with van der Waals surface area (Å²) in [5, 5.41) is 0. The van der Waals surface area contributed by atoms with Crippen LogP contribution < -0.4 is 17.0 Å². The Morgan fingerprint density at radius 3 is 2.75 bits per heavy atom. The molecule has 0 N–H and O–H groups in total. The fraction of sp³-hybridized carbons (Fsp3) is 0.444. The van der Waals surface area contributed by atoms with E-state index in [0.717, 1.165) is 6.42 Å². The first-order valence-electron chi connectivity index (χ1n) is 3.91. The monoisotopic (exact) mass is 189 g/mol. The van der Waals surface area contributed by atoms with Gasteiger partial charge >= 0.3 is 0 Å². The number of pyridine rings is 1. The van der Waals surface area contributed by atoms with E-state index in [4.69, 9.17) is 0 Å². The lowest BCUT2D eigenvalue weighted by molar-refractivity contribution is -0.703. The van der Waals surface area contributed by atoms with Gasteiger partial charge in [-0.3, -0.25) is 0 Å². The van der Waals surface area contributed by atoms with Crippen LogP contribution in [0.1, 0.15) is 12.6 Å². The van der Waals surface area contributed by atoms with Gasteiger partial charge in [0.05, 0.1) is 0 Å². The van der Waals surface area contributed by atoms with Crippen molar-refractivity contribution in [3.05, 3.63) is 30.1 Å². The van der Waals surface area contributed by atoms with E-state index in [-0.39, 0.29) is 19.1 Å². The average Bonchev–Trinajstić information content (AvgIpc) is 2.06. The Kier molecular flexibility index (Phi) is 5.64. The van der Waals surface area contributed by atoms with Crippen LogP contribution in [-0.2, 0) is 13.0 Å². The molecule has 0 amide bonds. The zero-order valence-electron chi connectivity index (χ0n) is 7.13. The second-order valence-corrected chi connectivity index (χ2v) is 2.43. The summed E-state index contributed by atoms with van der Waals surface area (Å²) in [6.45, 7) is 2.26. The molecule has 0 aromatic carbocycles. The molecule has 12 heavy (non-hydrogen) atoms. The lowest BCUT2D eigenvalue weighted by Gasteiger charge is -1.97. The van der Waals surface area contributed by atoms with Gasteiger partial charge in [0.15, 0.2) is 18.4 Å². The van der Waals surface area contributed by atoms with E-state index in [9.17, 15) is 4.39 Å². The Labute approximate surface area is 78.6 Å². The van der Waals surface area contributed by atoms with Crippen molar-refractivity contribution in [2.75, 3.05) is 6.67 Å². The quantitative estimate of drug-likeness (QED) is 0.511. The van der Waals surface area contributed by atoms with Crippen molar-refractivity contribution in [2.24, 2.45) is 0 Å². The Balaban J connectivity index is 0.00000121. The van der Waals surface area contributed by atoms with Crippen LogP contribution in [0.25, 0.3) is 0 Å². The van der Waals surface area contributed by atoms with E-state index in [1.807, 2.05) is 29.0 Å². The number of hydrogen-bond acceptors (Lipinski definition) is 0. The molecule has 0 fully saturated rings. The van der Waals surface area contributed by atoms with Crippen LogP contribution in [-0.4, -0.2) is 6.67 Å². The van der Waals surface area contributed by atoms with Gasteiger partial charge in [-0.2, -0.15) is 4.57 Å². The molecule has 1 nitrogen and oxygen atoms in total. The van der Waals surface area contributed by atoms with Crippen molar-refractivity contribution < 1.29 is 21.4 Å². The van der Waals surface area contributed by atoms with Gasteiger partial charge in [-0.25, -0.2) is 4.39 Å². The number of halogens is 2. The van der Waals surface area contributed by atoms with E-state index in [0.29, 0.717) is 6.54 Å². The van der Waals surface area contributed by atoms with Crippen molar-refractivity contribution in [1.29, 1.82) is 0 Å². The standard InChI is InChI=1S/C9H13FN.ClH/c1-2-9-5-3-4-7-11(9)8-6-10;/h3-5,7H,2,6,8H2,1H3;1H/q+1;/p-1. The molecule has 1 aromatic rings. The Morgan fingerprint density at radius 2 is 2.17 bits per heavy atom. The van der Waals surface area contributed by atoms with Crippen LogP contribution in [0.15, 0.2) is 24.4 Å². The number of alkyl halides is 1. The predicted molar refractivity (Wildman–Crippen MR) is 42.0 cm³/mol. The lowest BCUT2D eigenvalue weighted by Crippen LogP contribution is -3.00. The van der Waals surface area contributed by atoms with E-state index in [1.165, 1.54) is 5.69 Å². The van der Waals surface area contributed by atoms with Gasteiger partial charge in [-0.05, 0) is 0 Å². The van der Waals surface area contributed by atoms with E-state index in [1.54, 1.807) is 0 Å². The number of aryl methyl sites for hydroxylation is 2. The maximum Gasteiger partial charge on any atom is 0.181 e. The summed E-state index contributed by atoms with van der Waals surface area (Å²) >= 11 is 0. The molecule has 0 spiro atoms. The minimum Gasteiger partial charge on any atom is -1.00 e. The molecule has 1 aromatic heterocycles. The van der Waals surface area contributed by atoms with Crippen LogP contribution in [0, 0.1) is 0 Å². The molecule has 3 heteroatoms. The summed E-state index contributed by atoms with van der Waals surface area (Å²) in [5.41, 5.74) is 1.19. The van der Waals surface area contributed by atoms with Crippen LogP contribution in [0.2, 0.25) is 0 Å². The molecule has 0 atom stereocenters. The number of hydrogen-bond donors (Lipinski definition) is 0. The highest BCUT2D eigenvalue weighted by molar-refractivity contribution is 4.96. The second kappa shape index (κ2) is 5.95. The third kappa shape index (κ3) is 2.78. The summed E-state index contributed by atoms with van der Waals surface area (Å²) in [6.07, 6.45) is 2.87. The molecule has 0 bridgehead atoms. The van der Waals surface area contributed by atoms with E-state index >= 15 is 0 Å². The molecular weight excluding hydrogens is 177 g/mol. The highest BCUT2D eigenvalue weighted by Gasteiger charge is 2.04. The van der Waals surface area contributed by atoms with Gasteiger partial charge in [0.25, 0.3) is 0 Å². The SMILES string of the molecule is CCc1cccc[n+]1CCF.[Cl-]. The highest BCUT2D eigenvalue weighted by Crippen LogP contribution is 1.91. The molecule has 0 saturated carbocycles. The Bertz CT molecular complexity index is 228. The summed E-state index contributed by atoms with van der Waals surface area (Å²) in [4.78, 5) is 0. The van der Waals surface area contributed by atoms with Crippen LogP contribution in [0.4, 0.5) is 4.39 Å². The molecule has 1 rings (SSSR count). The average molecular weight is 190 g/mol. The molecule has 0 aliphatic rings. The first kappa shape index (κ1) is 11.4. The largest absolute Gasteiger partial charge is 1.00 e. The lowest BCUT2D eigenvalue weighted by atomic mass is 10.3. The van der Waals surface area contributed by atoms with Crippen molar-refractivity contribution in [3.8, 4) is 0 Å². The zero-order chi connectivity index (χ0) is 8.10. The number of nitrogens with zero attached hydrogens (tertiary/aromatic N) is 1. The Hall–Kier alpha value is -0.630. The topological polar surface area (TPSA) is 3.88 Å². The van der Waals surface area contributed by atoms with Crippen molar-refractivity contribution in [3.63, 3.8) is 0 Å². The molecule has 1 heterocycles. The molecule has 0 radical (unpaired) electrons. The molecule has 68 valence electrons. The zero-order valence-corrected chi connectivity index (χ0v) is 7.89. The first-order valence-corrected chi connectivity index (χ1v) is 3.91. The van der Waals surface area contributed by atoms with E-state index in [2.05, 4.69) is 6.92 Å². The smallest absolute Gasteiger partial charge is 0.181 e. The predicted octanol–water partition coefficient (Wildman–Crippen LogP) is -1.49. The Morgan fingerprint density at radius 1 is 1.42 bits per heavy atom. The van der Waals surface area contributed by atoms with Gasteiger partial charge < -0.3 is 12.4 Å². The summed E-state index contributed by atoms with van der Waals surface area (Å²) in [7, 11) is 0. The fourth-order valence-corrected chi connectivity index (χ4v) is 1.14. The van der Waals surface area contributed by atoms with Gasteiger partial charge in [0.1, 0.15) is 6.67 Å². The molecule has 0 unspecified atom stereocenters. The third-order valence-corrected chi connectivity index (χ3v) is 1.72. The second-order valence-electron chi connectivity index (χ2n) is 2.43. The minimum absolute atomic E-state index is 0. The maximum atomic E-state index is 12.0. The normalized spacial score (nSPS) is 9.17. The summed E-state index contributed by atoms with van der Waals surface area (Å²) in [6, 6.07) is 5.93. The van der Waals surface area contributed by atoms with Crippen molar-refractivity contribution in [2.45, 2.75) is 19.9 Å². The molecule has 0 aliphatic carbocycles. The van der Waals surface area contributed by atoms with Gasteiger partial charge in [0, 0.05) is 18.6 Å². The number of aromatic nitrogens is 1. The number of rotatable bonds is 3. The third-order valence-electron chi connectivity index (χ3n) is 1.72. The van der Waals surface area contributed by atoms with Crippen molar-refractivity contribution in [1.82, 2.24) is 0 Å². The van der Waals surface area contributed by atoms with Gasteiger partial charge in [0.2, 0.25) is 0 Å². The van der Waals surface area contributed by atoms with Crippen LogP contribution >= 0.6 is 0 Å². The molecule has 0 saturated heterocycles. The van der Waals surface area contributed by atoms with Crippen LogP contribution in [0.3, 0.4) is 0 Å². The van der Waals surface area contributed by atoms with Gasteiger partial charge in [-0.1, -0.05) is 13.0 Å². The van der Waals surface area contributed by atoms with Crippen LogP contribution in [0.5, 0.6) is 0 Å². The van der Waals surface area contributed by atoms with E-state index < -0.39 is 0 Å². The maximum absolute atomic E-state index is 12.0. The first-order chi connectivity index (χ1) is 5.38. The minimum atomic E-state index is -0.290. The molecule has 0 aliphatic heterocycles. The summed E-state index contributed by atoms with van der Waals surface area (Å²) < 4.78 is 13.9. The molecular formula is C9H13ClFN. The van der Waals surface area contributed by atoms with Gasteiger partial charge in [-0.15, -0.1) is 0 Å². The summed E-state index contributed by atoms with van der Waals surface area (Å²) in [5.74, 6) is 0. The fourth-order valence-electron chi connectivity index (χ4n) is 1.14. The highest BCUT2D eigenvalue weighted by atomic mass is 35.5. The van der Waals surface area contributed by atoms with Crippen molar-refractivity contribution >= 4 is 0 Å².